The first kappa shape index (κ1) is 30.8. The van der Waals surface area contributed by atoms with Gasteiger partial charge in [0.05, 0.1) is 19.3 Å². The van der Waals surface area contributed by atoms with E-state index >= 15 is 0 Å². The van der Waals surface area contributed by atoms with Gasteiger partial charge in [-0.15, -0.1) is 0 Å². The van der Waals surface area contributed by atoms with Crippen molar-refractivity contribution in [3.05, 3.63) is 32.6 Å². The first-order valence-electron chi connectivity index (χ1n) is 10.1. The Bertz CT molecular complexity index is 845. The molecule has 0 bridgehead atoms. The number of hydrogen-bond acceptors (Lipinski definition) is 10. The summed E-state index contributed by atoms with van der Waals surface area (Å²) in [5, 5.41) is 37.3. The Morgan fingerprint density at radius 2 is 2.03 bits per heavy atom. The molecule has 0 aromatic carbocycles. The Morgan fingerprint density at radius 3 is 2.45 bits per heavy atom. The molecule has 2 heterocycles. The van der Waals surface area contributed by atoms with Crippen LogP contribution in [-0.2, 0) is 14.3 Å². The molecule has 1 aromatic rings. The number of thioether (sulfide) groups is 1. The minimum absolute atomic E-state index is 0.0135. The maximum absolute atomic E-state index is 11.6. The molecule has 8 N–H and O–H groups in total. The molecule has 1 aromatic heterocycles. The second-order valence-electron chi connectivity index (χ2n) is 7.03. The summed E-state index contributed by atoms with van der Waals surface area (Å²) in [5.74, 6) is -0.203. The molecule has 1 unspecified atom stereocenters. The lowest BCUT2D eigenvalue weighted by molar-refractivity contribution is -0.138. The largest absolute Gasteiger partial charge is 0.480 e. The van der Waals surface area contributed by atoms with Gasteiger partial charge in [-0.05, 0) is 25.4 Å². The van der Waals surface area contributed by atoms with E-state index in [-0.39, 0.29) is 25.5 Å². The topological polar surface area (TPSA) is 217 Å². The molecule has 0 aliphatic carbocycles. The number of H-pyrrole nitrogens is 1. The van der Waals surface area contributed by atoms with Crippen LogP contribution in [0.2, 0.25) is 0 Å². The number of amides is 1. The number of aromatic amines is 1. The van der Waals surface area contributed by atoms with Gasteiger partial charge in [0.25, 0.3) is 5.56 Å². The number of aryl methyl sites for hydroxylation is 1. The van der Waals surface area contributed by atoms with Gasteiger partial charge in [-0.2, -0.15) is 11.8 Å². The molecule has 0 spiro atoms. The second kappa shape index (κ2) is 16.4. The van der Waals surface area contributed by atoms with E-state index in [2.05, 4.69) is 10.3 Å². The van der Waals surface area contributed by atoms with E-state index in [1.807, 2.05) is 6.26 Å². The van der Waals surface area contributed by atoms with Gasteiger partial charge in [0.1, 0.15) is 18.4 Å². The first-order chi connectivity index (χ1) is 15.5. The number of aromatic nitrogens is 2. The molecule has 1 aliphatic heterocycles. The van der Waals surface area contributed by atoms with Crippen LogP contribution in [0, 0.1) is 6.92 Å². The lowest BCUT2D eigenvalue weighted by Gasteiger charge is -2.14. The van der Waals surface area contributed by atoms with Crippen LogP contribution in [0.4, 0.5) is 0 Å². The maximum atomic E-state index is 11.6. The standard InChI is InChI=1S/C10H14N2O5.C5H11NO2S.C4H9NO2/c1-5-3-12(10(16)11-9(5)15)8-2-6(14)7(4-13)17-8;1-9-3-2-4(6)5(7)8;1-4(7)5-2-3-6/h3,6-8,13-14H,2,4H2,1H3,(H,11,15,16);4H,2-3,6H2,1H3,(H,7,8);6H,2-3H2,1H3,(H,5,7)/t6-,7+,8+;;/m0../s1. The highest BCUT2D eigenvalue weighted by Gasteiger charge is 2.34. The molecule has 0 radical (unpaired) electrons. The summed E-state index contributed by atoms with van der Waals surface area (Å²) in [4.78, 5) is 45.0. The predicted octanol–water partition coefficient (Wildman–Crippen LogP) is -2.25. The van der Waals surface area contributed by atoms with Crippen molar-refractivity contribution in [3.8, 4) is 0 Å². The van der Waals surface area contributed by atoms with E-state index in [0.29, 0.717) is 18.5 Å². The lowest BCUT2D eigenvalue weighted by atomic mass is 10.2. The quantitative estimate of drug-likeness (QED) is 0.205. The molecule has 1 saturated heterocycles. The molecular formula is C19H34N4O9S. The molecule has 14 heteroatoms. The number of carbonyl (C=O) groups is 2. The molecule has 4 atom stereocenters. The van der Waals surface area contributed by atoms with Crippen molar-refractivity contribution < 1.29 is 34.8 Å². The summed E-state index contributed by atoms with van der Waals surface area (Å²) in [6.45, 7) is 3.04. The van der Waals surface area contributed by atoms with Crippen molar-refractivity contribution in [3.63, 3.8) is 0 Å². The van der Waals surface area contributed by atoms with Crippen LogP contribution in [-0.4, -0.2) is 91.9 Å². The van der Waals surface area contributed by atoms with E-state index in [1.54, 1.807) is 18.7 Å². The fourth-order valence-electron chi connectivity index (χ4n) is 2.45. The smallest absolute Gasteiger partial charge is 0.330 e. The zero-order valence-electron chi connectivity index (χ0n) is 18.9. The molecule has 190 valence electrons. The number of nitrogens with zero attached hydrogens (tertiary/aromatic N) is 1. The van der Waals surface area contributed by atoms with Gasteiger partial charge < -0.3 is 36.2 Å². The fourth-order valence-corrected chi connectivity index (χ4v) is 2.94. The van der Waals surface area contributed by atoms with Crippen LogP contribution in [0.5, 0.6) is 0 Å². The van der Waals surface area contributed by atoms with Crippen LogP contribution in [0.25, 0.3) is 0 Å². The van der Waals surface area contributed by atoms with Crippen molar-refractivity contribution in [1.82, 2.24) is 14.9 Å². The third-order valence-corrected chi connectivity index (χ3v) is 4.92. The SMILES string of the molecule is CC(=O)NCCO.CSCCC(N)C(=O)O.Cc1cn([C@H]2C[C@H](O)[C@@H](CO)O2)c(=O)[nH]c1=O. The Kier molecular flexibility index (Phi) is 15.3. The van der Waals surface area contributed by atoms with Crippen molar-refractivity contribution in [2.45, 2.75) is 51.2 Å². The molecule has 0 saturated carbocycles. The average molecular weight is 495 g/mol. The number of aliphatic hydroxyl groups is 3. The Morgan fingerprint density at radius 1 is 1.39 bits per heavy atom. The van der Waals surface area contributed by atoms with Crippen molar-refractivity contribution in [2.75, 3.05) is 31.8 Å². The summed E-state index contributed by atoms with van der Waals surface area (Å²) in [6, 6.07) is -0.683. The van der Waals surface area contributed by atoms with Crippen LogP contribution in [0.15, 0.2) is 15.8 Å². The monoisotopic (exact) mass is 494 g/mol. The Balaban J connectivity index is 0.000000541. The molecule has 13 nitrogen and oxygen atoms in total. The first-order valence-corrected chi connectivity index (χ1v) is 11.5. The third-order valence-electron chi connectivity index (χ3n) is 4.28. The van der Waals surface area contributed by atoms with Gasteiger partial charge in [0.15, 0.2) is 0 Å². The van der Waals surface area contributed by atoms with E-state index in [9.17, 15) is 24.3 Å². The van der Waals surface area contributed by atoms with Gasteiger partial charge in [-0.3, -0.25) is 23.9 Å². The highest BCUT2D eigenvalue weighted by atomic mass is 32.2. The zero-order chi connectivity index (χ0) is 25.6. The van der Waals surface area contributed by atoms with Crippen molar-refractivity contribution in [2.24, 2.45) is 5.73 Å². The number of ether oxygens (including phenoxy) is 1. The number of nitrogens with two attached hydrogens (primary N) is 1. The summed E-state index contributed by atoms with van der Waals surface area (Å²) in [7, 11) is 0. The average Bonchev–Trinajstić information content (AvgIpc) is 3.14. The fraction of sp³-hybridized carbons (Fsp3) is 0.684. The molecule has 33 heavy (non-hydrogen) atoms. The maximum Gasteiger partial charge on any atom is 0.330 e. The number of rotatable bonds is 8. The highest BCUT2D eigenvalue weighted by Crippen LogP contribution is 2.27. The number of aliphatic carboxylic acids is 1. The van der Waals surface area contributed by atoms with E-state index in [0.717, 1.165) is 5.75 Å². The van der Waals surface area contributed by atoms with Crippen LogP contribution < -0.4 is 22.3 Å². The van der Waals surface area contributed by atoms with Gasteiger partial charge >= 0.3 is 11.7 Å². The normalized spacial score (nSPS) is 20.0. The summed E-state index contributed by atoms with van der Waals surface area (Å²) in [6.07, 6.45) is 1.90. The zero-order valence-corrected chi connectivity index (χ0v) is 19.7. The number of nitrogens with one attached hydrogen (secondary N) is 2. The summed E-state index contributed by atoms with van der Waals surface area (Å²) in [5.41, 5.74) is 4.55. The molecular weight excluding hydrogens is 460 g/mol. The summed E-state index contributed by atoms with van der Waals surface area (Å²) < 4.78 is 6.54. The molecule has 1 aliphatic rings. The van der Waals surface area contributed by atoms with Gasteiger partial charge in [-0.1, -0.05) is 0 Å². The second-order valence-corrected chi connectivity index (χ2v) is 8.01. The van der Waals surface area contributed by atoms with Crippen LogP contribution >= 0.6 is 11.8 Å². The minimum Gasteiger partial charge on any atom is -0.480 e. The predicted molar refractivity (Wildman–Crippen MR) is 122 cm³/mol. The van der Waals surface area contributed by atoms with E-state index in [4.69, 9.17) is 25.8 Å². The highest BCUT2D eigenvalue weighted by molar-refractivity contribution is 7.98. The lowest BCUT2D eigenvalue weighted by Crippen LogP contribution is -2.33. The number of aliphatic hydroxyl groups excluding tert-OH is 3. The number of carboxylic acid groups (broad SMARTS) is 1. The third kappa shape index (κ3) is 12.0. The minimum atomic E-state index is -0.913. The number of hydrogen-bond donors (Lipinski definition) is 7. The number of carbonyl (C=O) groups excluding carboxylic acids is 1. The number of carboxylic acids is 1. The molecule has 2 rings (SSSR count). The van der Waals surface area contributed by atoms with Crippen LogP contribution in [0.1, 0.15) is 31.6 Å². The Hall–Kier alpha value is -2.23. The van der Waals surface area contributed by atoms with Gasteiger partial charge in [-0.25, -0.2) is 4.79 Å². The molecule has 1 amide bonds. The van der Waals surface area contributed by atoms with Gasteiger partial charge in [0.2, 0.25) is 5.91 Å². The van der Waals surface area contributed by atoms with Gasteiger partial charge in [0, 0.05) is 31.6 Å². The van der Waals surface area contributed by atoms with E-state index in [1.165, 1.54) is 17.7 Å². The van der Waals surface area contributed by atoms with Crippen LogP contribution in [0.3, 0.4) is 0 Å². The Labute approximate surface area is 195 Å². The van der Waals surface area contributed by atoms with E-state index < -0.39 is 41.7 Å². The van der Waals surface area contributed by atoms with Crippen molar-refractivity contribution in [1.29, 1.82) is 0 Å². The summed E-state index contributed by atoms with van der Waals surface area (Å²) >= 11 is 1.60. The van der Waals surface area contributed by atoms with Crippen molar-refractivity contribution >= 4 is 23.6 Å². The molecule has 1 fully saturated rings.